The normalized spacial score (nSPS) is 15.9. The summed E-state index contributed by atoms with van der Waals surface area (Å²) < 4.78 is 10.8. The molecule has 1 atom stereocenters. The summed E-state index contributed by atoms with van der Waals surface area (Å²) in [5.41, 5.74) is 3.63. The smallest absolute Gasteiger partial charge is 0.191 e. The van der Waals surface area contributed by atoms with Gasteiger partial charge < -0.3 is 25.0 Å². The van der Waals surface area contributed by atoms with E-state index < -0.39 is 0 Å². The Hall–Kier alpha value is -2.23. The standard InChI is InChI=1S/C23H33N5O2.HI/c1-5-25-23(26-10-7-18-6-9-24-15-17(18)2)27-19-8-11-28(16-19)20-12-21(29-3)14-22(13-20)30-4;/h6,9,12-15,19H,5,7-8,10-11,16H2,1-4H3,(H2,25,26,27);1H. The molecule has 2 aromatic rings. The minimum Gasteiger partial charge on any atom is -0.497 e. The zero-order valence-electron chi connectivity index (χ0n) is 18.9. The number of aromatic nitrogens is 1. The van der Waals surface area contributed by atoms with E-state index in [1.165, 1.54) is 11.1 Å². The van der Waals surface area contributed by atoms with Gasteiger partial charge in [0.15, 0.2) is 5.96 Å². The van der Waals surface area contributed by atoms with Gasteiger partial charge in [-0.1, -0.05) is 0 Å². The lowest BCUT2D eigenvalue weighted by Crippen LogP contribution is -2.44. The van der Waals surface area contributed by atoms with Crippen LogP contribution in [-0.2, 0) is 6.42 Å². The van der Waals surface area contributed by atoms with Gasteiger partial charge in [-0.3, -0.25) is 9.98 Å². The molecule has 1 aromatic heterocycles. The predicted octanol–water partition coefficient (Wildman–Crippen LogP) is 3.40. The van der Waals surface area contributed by atoms with Gasteiger partial charge in [0.05, 0.1) is 14.2 Å². The van der Waals surface area contributed by atoms with E-state index in [1.54, 1.807) is 14.2 Å². The SMILES string of the molecule is CCNC(=NCCc1ccncc1C)NC1CCN(c2cc(OC)cc(OC)c2)C1.I. The highest BCUT2D eigenvalue weighted by Crippen LogP contribution is 2.30. The number of rotatable bonds is 8. The third kappa shape index (κ3) is 7.15. The third-order valence-electron chi connectivity index (χ3n) is 5.36. The fraction of sp³-hybridized carbons (Fsp3) is 0.478. The van der Waals surface area contributed by atoms with E-state index in [0.29, 0.717) is 6.04 Å². The molecule has 1 aromatic carbocycles. The molecule has 0 amide bonds. The average Bonchev–Trinajstić information content (AvgIpc) is 3.23. The number of ether oxygens (including phenoxy) is 2. The maximum atomic E-state index is 5.41. The van der Waals surface area contributed by atoms with E-state index >= 15 is 0 Å². The van der Waals surface area contributed by atoms with E-state index in [9.17, 15) is 0 Å². The molecule has 170 valence electrons. The number of nitrogens with one attached hydrogen (secondary N) is 2. The summed E-state index contributed by atoms with van der Waals surface area (Å²) >= 11 is 0. The van der Waals surface area contributed by atoms with E-state index in [1.807, 2.05) is 18.5 Å². The van der Waals surface area contributed by atoms with Gasteiger partial charge >= 0.3 is 0 Å². The molecule has 2 heterocycles. The molecule has 0 radical (unpaired) electrons. The minimum absolute atomic E-state index is 0. The highest BCUT2D eigenvalue weighted by Gasteiger charge is 2.24. The van der Waals surface area contributed by atoms with E-state index in [-0.39, 0.29) is 24.0 Å². The monoisotopic (exact) mass is 539 g/mol. The Morgan fingerprint density at radius 1 is 1.23 bits per heavy atom. The van der Waals surface area contributed by atoms with Gasteiger partial charge in [-0.25, -0.2) is 0 Å². The van der Waals surface area contributed by atoms with Crippen LogP contribution in [0.4, 0.5) is 5.69 Å². The second-order valence-corrected chi connectivity index (χ2v) is 7.46. The number of aliphatic imine (C=N–C) groups is 1. The quantitative estimate of drug-likeness (QED) is 0.305. The number of guanidine groups is 1. The van der Waals surface area contributed by atoms with Gasteiger partial charge in [-0.05, 0) is 43.9 Å². The first-order valence-corrected chi connectivity index (χ1v) is 10.5. The predicted molar refractivity (Wildman–Crippen MR) is 137 cm³/mol. The lowest BCUT2D eigenvalue weighted by Gasteiger charge is -2.21. The number of aryl methyl sites for hydroxylation is 1. The number of methoxy groups -OCH3 is 2. The Morgan fingerprint density at radius 3 is 2.61 bits per heavy atom. The lowest BCUT2D eigenvalue weighted by molar-refractivity contribution is 0.394. The first-order valence-electron chi connectivity index (χ1n) is 10.5. The maximum absolute atomic E-state index is 5.41. The molecular weight excluding hydrogens is 505 g/mol. The molecule has 0 saturated carbocycles. The van der Waals surface area contributed by atoms with Crippen LogP contribution in [0.25, 0.3) is 0 Å². The fourth-order valence-corrected chi connectivity index (χ4v) is 3.67. The number of halogens is 1. The Labute approximate surface area is 202 Å². The zero-order valence-corrected chi connectivity index (χ0v) is 21.2. The van der Waals surface area contributed by atoms with E-state index in [0.717, 1.165) is 62.2 Å². The molecule has 0 aliphatic carbocycles. The molecule has 1 unspecified atom stereocenters. The number of hydrogen-bond donors (Lipinski definition) is 2. The van der Waals surface area contributed by atoms with Crippen LogP contribution in [-0.4, -0.2) is 57.4 Å². The molecule has 31 heavy (non-hydrogen) atoms. The highest BCUT2D eigenvalue weighted by atomic mass is 127. The van der Waals surface area contributed by atoms with Crippen molar-refractivity contribution in [3.05, 3.63) is 47.8 Å². The van der Waals surface area contributed by atoms with E-state index in [2.05, 4.69) is 52.6 Å². The maximum Gasteiger partial charge on any atom is 0.191 e. The van der Waals surface area contributed by atoms with Crippen molar-refractivity contribution in [2.45, 2.75) is 32.7 Å². The fourth-order valence-electron chi connectivity index (χ4n) is 3.67. The Bertz CT molecular complexity index is 839. The second-order valence-electron chi connectivity index (χ2n) is 7.46. The Balaban J connectivity index is 0.00000341. The molecule has 2 N–H and O–H groups in total. The third-order valence-corrected chi connectivity index (χ3v) is 5.36. The van der Waals surface area contributed by atoms with Crippen molar-refractivity contribution in [1.29, 1.82) is 0 Å². The van der Waals surface area contributed by atoms with E-state index in [4.69, 9.17) is 14.5 Å². The molecule has 1 fully saturated rings. The van der Waals surface area contributed by atoms with Gasteiger partial charge in [0.2, 0.25) is 0 Å². The van der Waals surface area contributed by atoms with Gasteiger partial charge in [0, 0.05) is 68.5 Å². The van der Waals surface area contributed by atoms with Crippen molar-refractivity contribution in [2.75, 3.05) is 45.3 Å². The molecule has 1 aliphatic rings. The van der Waals surface area contributed by atoms with Crippen molar-refractivity contribution in [3.8, 4) is 11.5 Å². The summed E-state index contributed by atoms with van der Waals surface area (Å²) in [5, 5.41) is 6.97. The van der Waals surface area contributed by atoms with Crippen molar-refractivity contribution in [1.82, 2.24) is 15.6 Å². The molecule has 0 bridgehead atoms. The summed E-state index contributed by atoms with van der Waals surface area (Å²) in [5.74, 6) is 2.49. The molecular formula is C23H34IN5O2. The number of anilines is 1. The topological polar surface area (TPSA) is 71.0 Å². The molecule has 1 aliphatic heterocycles. The van der Waals surface area contributed by atoms with Gasteiger partial charge in [0.25, 0.3) is 0 Å². The molecule has 1 saturated heterocycles. The van der Waals surface area contributed by atoms with Crippen LogP contribution in [0.5, 0.6) is 11.5 Å². The van der Waals surface area contributed by atoms with Gasteiger partial charge in [-0.15, -0.1) is 24.0 Å². The highest BCUT2D eigenvalue weighted by molar-refractivity contribution is 14.0. The first-order chi connectivity index (χ1) is 14.6. The lowest BCUT2D eigenvalue weighted by atomic mass is 10.1. The Kier molecular flexibility index (Phi) is 10.2. The molecule has 3 rings (SSSR count). The van der Waals surface area contributed by atoms with Crippen molar-refractivity contribution < 1.29 is 9.47 Å². The largest absolute Gasteiger partial charge is 0.497 e. The summed E-state index contributed by atoms with van der Waals surface area (Å²) in [6.07, 6.45) is 5.71. The van der Waals surface area contributed by atoms with Crippen LogP contribution >= 0.6 is 24.0 Å². The summed E-state index contributed by atoms with van der Waals surface area (Å²) in [4.78, 5) is 11.3. The van der Waals surface area contributed by atoms with Crippen LogP contribution < -0.4 is 25.0 Å². The number of nitrogens with zero attached hydrogens (tertiary/aromatic N) is 3. The van der Waals surface area contributed by atoms with Gasteiger partial charge in [0.1, 0.15) is 11.5 Å². The van der Waals surface area contributed by atoms with Crippen molar-refractivity contribution in [3.63, 3.8) is 0 Å². The summed E-state index contributed by atoms with van der Waals surface area (Å²) in [7, 11) is 3.36. The average molecular weight is 539 g/mol. The molecule has 8 heteroatoms. The first kappa shape index (κ1) is 25.0. The Morgan fingerprint density at radius 2 is 1.97 bits per heavy atom. The second kappa shape index (κ2) is 12.6. The number of pyridine rings is 1. The zero-order chi connectivity index (χ0) is 21.3. The van der Waals surface area contributed by atoms with Crippen LogP contribution in [0.15, 0.2) is 41.7 Å². The van der Waals surface area contributed by atoms with Crippen LogP contribution in [0.2, 0.25) is 0 Å². The number of hydrogen-bond acceptors (Lipinski definition) is 5. The van der Waals surface area contributed by atoms with Crippen LogP contribution in [0.1, 0.15) is 24.5 Å². The summed E-state index contributed by atoms with van der Waals surface area (Å²) in [6.45, 7) is 7.64. The van der Waals surface area contributed by atoms with Crippen molar-refractivity contribution in [2.24, 2.45) is 4.99 Å². The molecule has 0 spiro atoms. The number of benzene rings is 1. The summed E-state index contributed by atoms with van der Waals surface area (Å²) in [6, 6.07) is 8.42. The van der Waals surface area contributed by atoms with Crippen LogP contribution in [0.3, 0.4) is 0 Å². The molecule has 7 nitrogen and oxygen atoms in total. The van der Waals surface area contributed by atoms with Gasteiger partial charge in [-0.2, -0.15) is 0 Å². The van der Waals surface area contributed by atoms with Crippen molar-refractivity contribution >= 4 is 35.6 Å². The van der Waals surface area contributed by atoms with Crippen LogP contribution in [0, 0.1) is 6.92 Å². The minimum atomic E-state index is 0.